The lowest BCUT2D eigenvalue weighted by molar-refractivity contribution is 0.623. The molecule has 1 atom stereocenters. The standard InChI is InChI=1S/C14H23N.C13H19N/c1-6-12(4)15(5)14-10-11(3)8-9-13(14)7-2;1-10(2)14-9-5-8-12-7-4-6-11(3)13(12)14/h8-10,12H,6-7H2,1-5H3;4,6-7,10H,5,8-9H2,1-3H3. The van der Waals surface area contributed by atoms with Gasteiger partial charge in [0.05, 0.1) is 0 Å². The SMILES string of the molecule is CCc1ccc(C)cc1N(C)C(C)CC.Cc1cccc2c1N(C(C)C)CCC2. The minimum Gasteiger partial charge on any atom is -0.372 e. The quantitative estimate of drug-likeness (QED) is 0.541. The third-order valence-electron chi connectivity index (χ3n) is 6.33. The van der Waals surface area contributed by atoms with E-state index in [-0.39, 0.29) is 0 Å². The highest BCUT2D eigenvalue weighted by atomic mass is 15.2. The molecule has 0 aromatic heterocycles. The lowest BCUT2D eigenvalue weighted by Gasteiger charge is -2.36. The van der Waals surface area contributed by atoms with E-state index in [4.69, 9.17) is 0 Å². The maximum Gasteiger partial charge on any atom is 0.0430 e. The zero-order valence-electron chi connectivity index (χ0n) is 20.0. The molecule has 0 N–H and O–H groups in total. The van der Waals surface area contributed by atoms with Crippen LogP contribution in [0.15, 0.2) is 36.4 Å². The predicted octanol–water partition coefficient (Wildman–Crippen LogP) is 6.95. The second-order valence-corrected chi connectivity index (χ2v) is 8.83. The molecule has 29 heavy (non-hydrogen) atoms. The van der Waals surface area contributed by atoms with Crippen molar-refractivity contribution in [2.24, 2.45) is 0 Å². The van der Waals surface area contributed by atoms with Gasteiger partial charge in [0.2, 0.25) is 0 Å². The van der Waals surface area contributed by atoms with Crippen LogP contribution in [0.4, 0.5) is 11.4 Å². The first-order chi connectivity index (χ1) is 13.8. The summed E-state index contributed by atoms with van der Waals surface area (Å²) in [6.07, 6.45) is 4.85. The Morgan fingerprint density at radius 1 is 1.03 bits per heavy atom. The van der Waals surface area contributed by atoms with Crippen LogP contribution in [0.25, 0.3) is 0 Å². The summed E-state index contributed by atoms with van der Waals surface area (Å²) < 4.78 is 0. The van der Waals surface area contributed by atoms with Crippen LogP contribution in [-0.2, 0) is 12.8 Å². The molecule has 1 aliphatic rings. The topological polar surface area (TPSA) is 6.48 Å². The van der Waals surface area contributed by atoms with Crippen LogP contribution in [0, 0.1) is 13.8 Å². The van der Waals surface area contributed by atoms with Gasteiger partial charge in [-0.25, -0.2) is 0 Å². The highest BCUT2D eigenvalue weighted by molar-refractivity contribution is 5.61. The van der Waals surface area contributed by atoms with Crippen molar-refractivity contribution in [3.63, 3.8) is 0 Å². The van der Waals surface area contributed by atoms with Crippen molar-refractivity contribution in [2.75, 3.05) is 23.4 Å². The van der Waals surface area contributed by atoms with Gasteiger partial charge in [-0.1, -0.05) is 44.2 Å². The molecule has 1 unspecified atom stereocenters. The Kier molecular flexibility index (Phi) is 8.61. The Labute approximate surface area is 179 Å². The number of nitrogens with zero attached hydrogens (tertiary/aromatic N) is 2. The first-order valence-electron chi connectivity index (χ1n) is 11.5. The summed E-state index contributed by atoms with van der Waals surface area (Å²) in [4.78, 5) is 4.93. The molecule has 0 fully saturated rings. The van der Waals surface area contributed by atoms with Crippen molar-refractivity contribution in [1.82, 2.24) is 0 Å². The van der Waals surface area contributed by atoms with Crippen molar-refractivity contribution in [3.8, 4) is 0 Å². The summed E-state index contributed by atoms with van der Waals surface area (Å²) in [5, 5.41) is 0. The van der Waals surface area contributed by atoms with Gasteiger partial charge in [-0.2, -0.15) is 0 Å². The minimum absolute atomic E-state index is 0.608. The van der Waals surface area contributed by atoms with Gasteiger partial charge in [-0.3, -0.25) is 0 Å². The lowest BCUT2D eigenvalue weighted by Crippen LogP contribution is -2.35. The van der Waals surface area contributed by atoms with Gasteiger partial charge in [0.15, 0.2) is 0 Å². The Morgan fingerprint density at radius 3 is 2.38 bits per heavy atom. The van der Waals surface area contributed by atoms with E-state index in [1.54, 1.807) is 0 Å². The van der Waals surface area contributed by atoms with Crippen LogP contribution in [0.3, 0.4) is 0 Å². The highest BCUT2D eigenvalue weighted by Crippen LogP contribution is 2.31. The Hall–Kier alpha value is -1.96. The molecule has 160 valence electrons. The summed E-state index contributed by atoms with van der Waals surface area (Å²) in [6.45, 7) is 16.9. The zero-order valence-corrected chi connectivity index (χ0v) is 20.0. The second-order valence-electron chi connectivity index (χ2n) is 8.83. The van der Waals surface area contributed by atoms with E-state index >= 15 is 0 Å². The molecule has 2 heteroatoms. The van der Waals surface area contributed by atoms with E-state index in [9.17, 15) is 0 Å². The molecule has 0 saturated carbocycles. The van der Waals surface area contributed by atoms with E-state index in [0.29, 0.717) is 12.1 Å². The second kappa shape index (κ2) is 10.7. The molecule has 1 aliphatic heterocycles. The van der Waals surface area contributed by atoms with Crippen LogP contribution < -0.4 is 9.80 Å². The Bertz CT molecular complexity index is 778. The van der Waals surface area contributed by atoms with Gasteiger partial charge in [-0.05, 0) is 88.6 Å². The molecular formula is C27H42N2. The van der Waals surface area contributed by atoms with Gasteiger partial charge >= 0.3 is 0 Å². The molecule has 0 bridgehead atoms. The maximum atomic E-state index is 2.54. The first-order valence-corrected chi connectivity index (χ1v) is 11.5. The third-order valence-corrected chi connectivity index (χ3v) is 6.33. The number of para-hydroxylation sites is 1. The minimum atomic E-state index is 0.608. The molecule has 0 aliphatic carbocycles. The normalized spacial score (nSPS) is 14.2. The van der Waals surface area contributed by atoms with Crippen molar-refractivity contribution in [1.29, 1.82) is 0 Å². The fourth-order valence-electron chi connectivity index (χ4n) is 4.21. The molecule has 0 amide bonds. The lowest BCUT2D eigenvalue weighted by atomic mass is 9.97. The van der Waals surface area contributed by atoms with Crippen molar-refractivity contribution in [3.05, 3.63) is 58.7 Å². The van der Waals surface area contributed by atoms with Gasteiger partial charge in [0, 0.05) is 37.1 Å². The van der Waals surface area contributed by atoms with Crippen molar-refractivity contribution >= 4 is 11.4 Å². The van der Waals surface area contributed by atoms with Crippen molar-refractivity contribution < 1.29 is 0 Å². The van der Waals surface area contributed by atoms with Crippen LogP contribution in [-0.4, -0.2) is 25.7 Å². The molecule has 0 saturated heterocycles. The number of fused-ring (bicyclic) bond motifs is 1. The molecule has 2 nitrogen and oxygen atoms in total. The Balaban J connectivity index is 0.000000207. The van der Waals surface area contributed by atoms with Crippen LogP contribution in [0.1, 0.15) is 69.7 Å². The number of anilines is 2. The number of rotatable bonds is 5. The molecule has 2 aromatic rings. The van der Waals surface area contributed by atoms with Crippen LogP contribution in [0.5, 0.6) is 0 Å². The zero-order chi connectivity index (χ0) is 21.6. The molecule has 2 aromatic carbocycles. The number of hydrogen-bond donors (Lipinski definition) is 0. The highest BCUT2D eigenvalue weighted by Gasteiger charge is 2.20. The van der Waals surface area contributed by atoms with E-state index < -0.39 is 0 Å². The largest absolute Gasteiger partial charge is 0.372 e. The number of aryl methyl sites for hydroxylation is 4. The average Bonchev–Trinajstić information content (AvgIpc) is 2.72. The average molecular weight is 395 g/mol. The summed E-state index contributed by atoms with van der Waals surface area (Å²) >= 11 is 0. The smallest absolute Gasteiger partial charge is 0.0430 e. The molecule has 0 spiro atoms. The van der Waals surface area contributed by atoms with E-state index in [1.165, 1.54) is 59.4 Å². The molecule has 1 heterocycles. The Morgan fingerprint density at radius 2 is 1.76 bits per heavy atom. The summed E-state index contributed by atoms with van der Waals surface area (Å²) in [7, 11) is 2.20. The van der Waals surface area contributed by atoms with Gasteiger partial charge in [-0.15, -0.1) is 0 Å². The van der Waals surface area contributed by atoms with E-state index in [0.717, 1.165) is 6.42 Å². The summed E-state index contributed by atoms with van der Waals surface area (Å²) in [5.41, 5.74) is 8.64. The van der Waals surface area contributed by atoms with Crippen LogP contribution in [0.2, 0.25) is 0 Å². The van der Waals surface area contributed by atoms with Gasteiger partial charge in [0.25, 0.3) is 0 Å². The molecular weight excluding hydrogens is 352 g/mol. The maximum absolute atomic E-state index is 2.54. The predicted molar refractivity (Wildman–Crippen MR) is 131 cm³/mol. The number of benzene rings is 2. The fourth-order valence-corrected chi connectivity index (χ4v) is 4.21. The summed E-state index contributed by atoms with van der Waals surface area (Å²) in [6, 6.07) is 14.7. The summed E-state index contributed by atoms with van der Waals surface area (Å²) in [5.74, 6) is 0. The molecule has 0 radical (unpaired) electrons. The van der Waals surface area contributed by atoms with E-state index in [2.05, 4.69) is 102 Å². The van der Waals surface area contributed by atoms with Gasteiger partial charge in [0.1, 0.15) is 0 Å². The number of hydrogen-bond acceptors (Lipinski definition) is 2. The van der Waals surface area contributed by atoms with Gasteiger partial charge < -0.3 is 9.80 Å². The fraction of sp³-hybridized carbons (Fsp3) is 0.556. The molecule has 3 rings (SSSR count). The monoisotopic (exact) mass is 394 g/mol. The third kappa shape index (κ3) is 5.78. The first kappa shape index (κ1) is 23.3. The van der Waals surface area contributed by atoms with Crippen molar-refractivity contribution in [2.45, 2.75) is 86.2 Å². The van der Waals surface area contributed by atoms with E-state index in [1.807, 2.05) is 0 Å². The van der Waals surface area contributed by atoms with Crippen LogP contribution >= 0.6 is 0 Å².